The van der Waals surface area contributed by atoms with Gasteiger partial charge in [-0.15, -0.1) is 0 Å². The molecular formula is C12H10N2O2. The Morgan fingerprint density at radius 1 is 1.19 bits per heavy atom. The summed E-state index contributed by atoms with van der Waals surface area (Å²) in [7, 11) is 0. The summed E-state index contributed by atoms with van der Waals surface area (Å²) in [4.78, 5) is 18.3. The quantitative estimate of drug-likeness (QED) is 0.736. The molecule has 4 nitrogen and oxygen atoms in total. The van der Waals surface area contributed by atoms with Crippen molar-refractivity contribution in [3.05, 3.63) is 47.8 Å². The molecule has 0 spiro atoms. The van der Waals surface area contributed by atoms with Crippen LogP contribution in [0.25, 0.3) is 0 Å². The van der Waals surface area contributed by atoms with Crippen molar-refractivity contribution in [3.8, 4) is 11.8 Å². The molecule has 1 aromatic heterocycles. The molecule has 0 unspecified atom stereocenters. The monoisotopic (exact) mass is 214 g/mol. The number of para-hydroxylation sites is 1. The summed E-state index contributed by atoms with van der Waals surface area (Å²) in [6.07, 6.45) is 3.54. The molecule has 0 fully saturated rings. The van der Waals surface area contributed by atoms with Gasteiger partial charge in [-0.1, -0.05) is 18.2 Å². The molecule has 1 aromatic carbocycles. The highest BCUT2D eigenvalue weighted by atomic mass is 16.5. The fourth-order valence-electron chi connectivity index (χ4n) is 1.21. The molecule has 16 heavy (non-hydrogen) atoms. The number of hydrogen-bond donors (Lipinski definition) is 0. The molecule has 0 aliphatic carbocycles. The Morgan fingerprint density at radius 3 is 2.50 bits per heavy atom. The predicted octanol–water partition coefficient (Wildman–Crippen LogP) is 2.39. The van der Waals surface area contributed by atoms with Crippen molar-refractivity contribution in [1.29, 1.82) is 0 Å². The number of carbonyl (C=O) groups excluding carboxylic acids is 1. The van der Waals surface area contributed by atoms with Crippen LogP contribution in [0.15, 0.2) is 36.7 Å². The lowest BCUT2D eigenvalue weighted by atomic mass is 10.2. The minimum atomic E-state index is 0.236. The van der Waals surface area contributed by atoms with E-state index in [1.54, 1.807) is 0 Å². The molecule has 1 heterocycles. The lowest BCUT2D eigenvalue weighted by Crippen LogP contribution is -1.94. The van der Waals surface area contributed by atoms with Crippen molar-refractivity contribution in [3.63, 3.8) is 0 Å². The Morgan fingerprint density at radius 2 is 1.88 bits per heavy atom. The maximum atomic E-state index is 10.4. The SMILES string of the molecule is Cc1ccccc1Oc1ncc(C=O)cn1. The van der Waals surface area contributed by atoms with E-state index in [9.17, 15) is 4.79 Å². The predicted molar refractivity (Wildman–Crippen MR) is 58.7 cm³/mol. The van der Waals surface area contributed by atoms with Crippen LogP contribution in [-0.4, -0.2) is 16.3 Å². The molecule has 2 aromatic rings. The van der Waals surface area contributed by atoms with Crippen LogP contribution in [0.3, 0.4) is 0 Å². The van der Waals surface area contributed by atoms with Crippen molar-refractivity contribution in [2.24, 2.45) is 0 Å². The molecule has 0 amide bonds. The third-order valence-electron chi connectivity index (χ3n) is 2.08. The van der Waals surface area contributed by atoms with Gasteiger partial charge < -0.3 is 4.74 Å². The van der Waals surface area contributed by atoms with Crippen molar-refractivity contribution in [2.75, 3.05) is 0 Å². The van der Waals surface area contributed by atoms with Crippen molar-refractivity contribution in [2.45, 2.75) is 6.92 Å². The Hall–Kier alpha value is -2.23. The van der Waals surface area contributed by atoms with Gasteiger partial charge in [-0.05, 0) is 18.6 Å². The first kappa shape index (κ1) is 10.3. The maximum Gasteiger partial charge on any atom is 0.321 e. The van der Waals surface area contributed by atoms with Crippen LogP contribution in [-0.2, 0) is 0 Å². The lowest BCUT2D eigenvalue weighted by molar-refractivity contribution is 0.112. The summed E-state index contributed by atoms with van der Waals surface area (Å²) in [6.45, 7) is 1.94. The number of hydrogen-bond acceptors (Lipinski definition) is 4. The van der Waals surface area contributed by atoms with Crippen LogP contribution in [0.5, 0.6) is 11.8 Å². The Balaban J connectivity index is 2.21. The first-order chi connectivity index (χ1) is 7.79. The van der Waals surface area contributed by atoms with Crippen LogP contribution in [0, 0.1) is 6.92 Å². The summed E-state index contributed by atoms with van der Waals surface area (Å²) in [5.41, 5.74) is 1.43. The number of nitrogens with zero attached hydrogens (tertiary/aromatic N) is 2. The van der Waals surface area contributed by atoms with E-state index in [0.29, 0.717) is 17.6 Å². The van der Waals surface area contributed by atoms with Crippen LogP contribution < -0.4 is 4.74 Å². The van der Waals surface area contributed by atoms with Gasteiger partial charge >= 0.3 is 6.01 Å². The molecule has 80 valence electrons. The summed E-state index contributed by atoms with van der Waals surface area (Å²) in [6, 6.07) is 7.82. The first-order valence-electron chi connectivity index (χ1n) is 4.80. The zero-order chi connectivity index (χ0) is 11.4. The molecule has 0 aliphatic rings. The van der Waals surface area contributed by atoms with Crippen LogP contribution >= 0.6 is 0 Å². The summed E-state index contributed by atoms with van der Waals surface area (Å²) in [5, 5.41) is 0. The van der Waals surface area contributed by atoms with E-state index in [1.165, 1.54) is 12.4 Å². The van der Waals surface area contributed by atoms with Gasteiger partial charge in [-0.2, -0.15) is 0 Å². The summed E-state index contributed by atoms with van der Waals surface area (Å²) < 4.78 is 5.47. The van der Waals surface area contributed by atoms with Crippen LogP contribution in [0.4, 0.5) is 0 Å². The van der Waals surface area contributed by atoms with Crippen molar-refractivity contribution >= 4 is 6.29 Å². The third kappa shape index (κ3) is 2.23. The molecular weight excluding hydrogens is 204 g/mol. The molecule has 0 aliphatic heterocycles. The summed E-state index contributed by atoms with van der Waals surface area (Å²) in [5.74, 6) is 0.710. The van der Waals surface area contributed by atoms with E-state index < -0.39 is 0 Å². The number of benzene rings is 1. The molecule has 0 bridgehead atoms. The third-order valence-corrected chi connectivity index (χ3v) is 2.08. The van der Waals surface area contributed by atoms with E-state index >= 15 is 0 Å². The Bertz CT molecular complexity index is 495. The summed E-state index contributed by atoms with van der Waals surface area (Å²) >= 11 is 0. The average Bonchev–Trinajstić information content (AvgIpc) is 2.33. The van der Waals surface area contributed by atoms with Gasteiger partial charge in [-0.3, -0.25) is 4.79 Å². The molecule has 0 atom stereocenters. The number of aryl methyl sites for hydroxylation is 1. The average molecular weight is 214 g/mol. The highest BCUT2D eigenvalue weighted by molar-refractivity contribution is 5.73. The lowest BCUT2D eigenvalue weighted by Gasteiger charge is -2.05. The Labute approximate surface area is 92.9 Å². The second kappa shape index (κ2) is 4.53. The van der Waals surface area contributed by atoms with Gasteiger partial charge in [0.1, 0.15) is 5.75 Å². The van der Waals surface area contributed by atoms with E-state index in [-0.39, 0.29) is 6.01 Å². The van der Waals surface area contributed by atoms with E-state index in [2.05, 4.69) is 9.97 Å². The van der Waals surface area contributed by atoms with Crippen molar-refractivity contribution < 1.29 is 9.53 Å². The largest absolute Gasteiger partial charge is 0.424 e. The molecule has 0 radical (unpaired) electrons. The smallest absolute Gasteiger partial charge is 0.321 e. The number of ether oxygens (including phenoxy) is 1. The maximum absolute atomic E-state index is 10.4. The molecule has 0 saturated carbocycles. The van der Waals surface area contributed by atoms with Gasteiger partial charge in [0.2, 0.25) is 0 Å². The second-order valence-corrected chi connectivity index (χ2v) is 3.28. The van der Waals surface area contributed by atoms with E-state index in [0.717, 1.165) is 5.56 Å². The fourth-order valence-corrected chi connectivity index (χ4v) is 1.21. The number of aromatic nitrogens is 2. The number of rotatable bonds is 3. The molecule has 0 N–H and O–H groups in total. The van der Waals surface area contributed by atoms with E-state index in [1.807, 2.05) is 31.2 Å². The van der Waals surface area contributed by atoms with Crippen LogP contribution in [0.2, 0.25) is 0 Å². The fraction of sp³-hybridized carbons (Fsp3) is 0.0833. The minimum Gasteiger partial charge on any atom is -0.424 e. The highest BCUT2D eigenvalue weighted by Crippen LogP contribution is 2.21. The van der Waals surface area contributed by atoms with Crippen LogP contribution in [0.1, 0.15) is 15.9 Å². The minimum absolute atomic E-state index is 0.236. The van der Waals surface area contributed by atoms with Gasteiger partial charge in [0.25, 0.3) is 0 Å². The zero-order valence-corrected chi connectivity index (χ0v) is 8.75. The topological polar surface area (TPSA) is 52.1 Å². The molecule has 2 rings (SSSR count). The second-order valence-electron chi connectivity index (χ2n) is 3.28. The molecule has 4 heteroatoms. The van der Waals surface area contributed by atoms with E-state index in [4.69, 9.17) is 4.74 Å². The Kier molecular flexibility index (Phi) is 2.91. The highest BCUT2D eigenvalue weighted by Gasteiger charge is 2.02. The molecule has 0 saturated heterocycles. The standard InChI is InChI=1S/C12H10N2O2/c1-9-4-2-3-5-11(9)16-12-13-6-10(8-15)7-14-12/h2-8H,1H3. The number of aldehydes is 1. The van der Waals surface area contributed by atoms with Gasteiger partial charge in [0.15, 0.2) is 6.29 Å². The first-order valence-corrected chi connectivity index (χ1v) is 4.80. The normalized spacial score (nSPS) is 9.81. The van der Waals surface area contributed by atoms with Gasteiger partial charge in [0, 0.05) is 12.4 Å². The number of carbonyl (C=O) groups is 1. The van der Waals surface area contributed by atoms with Crippen molar-refractivity contribution in [1.82, 2.24) is 9.97 Å². The zero-order valence-electron chi connectivity index (χ0n) is 8.75. The van der Waals surface area contributed by atoms with Gasteiger partial charge in [0.05, 0.1) is 5.56 Å². The van der Waals surface area contributed by atoms with Gasteiger partial charge in [-0.25, -0.2) is 9.97 Å².